The third kappa shape index (κ3) is 3.93. The smallest absolute Gasteiger partial charge is 0.321 e. The largest absolute Gasteiger partial charge is 0.480 e. The van der Waals surface area contributed by atoms with Gasteiger partial charge in [-0.1, -0.05) is 42.5 Å². The Morgan fingerprint density at radius 2 is 1.91 bits per heavy atom. The number of fused-ring (bicyclic) bond motifs is 1. The summed E-state index contributed by atoms with van der Waals surface area (Å²) in [7, 11) is 0. The number of rotatable bonds is 7. The van der Waals surface area contributed by atoms with Crippen molar-refractivity contribution in [3.05, 3.63) is 55.1 Å². The zero-order valence-corrected chi connectivity index (χ0v) is 12.1. The van der Waals surface area contributed by atoms with Crippen LogP contribution in [0.25, 0.3) is 10.8 Å². The number of nitrogens with one attached hydrogen (secondary N) is 2. The fraction of sp³-hybridized carbons (Fsp3) is 0.176. The SMILES string of the molecule is C=CCNC(CC(=O)Nc1cccc2ccccc12)C(=O)O. The lowest BCUT2D eigenvalue weighted by Gasteiger charge is -2.14. The molecule has 3 N–H and O–H groups in total. The molecule has 1 atom stereocenters. The van der Waals surface area contributed by atoms with Crippen LogP contribution in [0.3, 0.4) is 0 Å². The van der Waals surface area contributed by atoms with Gasteiger partial charge < -0.3 is 15.7 Å². The molecular weight excluding hydrogens is 280 g/mol. The number of amides is 1. The molecule has 0 aromatic heterocycles. The van der Waals surface area contributed by atoms with E-state index < -0.39 is 12.0 Å². The molecule has 0 aliphatic carbocycles. The summed E-state index contributed by atoms with van der Waals surface area (Å²) in [5.74, 6) is -1.41. The van der Waals surface area contributed by atoms with E-state index in [1.165, 1.54) is 0 Å². The van der Waals surface area contributed by atoms with E-state index >= 15 is 0 Å². The summed E-state index contributed by atoms with van der Waals surface area (Å²) in [6.45, 7) is 3.85. The Morgan fingerprint density at radius 3 is 2.64 bits per heavy atom. The van der Waals surface area contributed by atoms with Gasteiger partial charge in [-0.2, -0.15) is 0 Å². The molecule has 0 saturated carbocycles. The minimum atomic E-state index is -1.06. The number of carbonyl (C=O) groups excluding carboxylic acids is 1. The van der Waals surface area contributed by atoms with Crippen LogP contribution in [0.1, 0.15) is 6.42 Å². The summed E-state index contributed by atoms with van der Waals surface area (Å²) in [5, 5.41) is 16.6. The summed E-state index contributed by atoms with van der Waals surface area (Å²) in [6.07, 6.45) is 1.41. The van der Waals surface area contributed by atoms with Crippen LogP contribution < -0.4 is 10.6 Å². The minimum absolute atomic E-state index is 0.146. The van der Waals surface area contributed by atoms with Gasteiger partial charge in [0.2, 0.25) is 5.91 Å². The standard InChI is InChI=1S/C17H18N2O3/c1-2-10-18-15(17(21)22)11-16(20)19-14-9-5-7-12-6-3-4-8-13(12)14/h2-9,15,18H,1,10-11H2,(H,19,20)(H,21,22). The van der Waals surface area contributed by atoms with Gasteiger partial charge in [-0.3, -0.25) is 9.59 Å². The van der Waals surface area contributed by atoms with Crippen LogP contribution in [0.2, 0.25) is 0 Å². The second-order valence-electron chi connectivity index (χ2n) is 4.87. The van der Waals surface area contributed by atoms with Crippen molar-refractivity contribution in [1.29, 1.82) is 0 Å². The van der Waals surface area contributed by atoms with Crippen molar-refractivity contribution < 1.29 is 14.7 Å². The fourth-order valence-corrected chi connectivity index (χ4v) is 2.19. The third-order valence-corrected chi connectivity index (χ3v) is 3.26. The first-order valence-corrected chi connectivity index (χ1v) is 6.96. The number of hydrogen-bond donors (Lipinski definition) is 3. The molecule has 0 bridgehead atoms. The van der Waals surface area contributed by atoms with Crippen LogP contribution in [-0.4, -0.2) is 29.6 Å². The number of carboxylic acid groups (broad SMARTS) is 1. The van der Waals surface area contributed by atoms with Crippen LogP contribution in [0, 0.1) is 0 Å². The van der Waals surface area contributed by atoms with Crippen LogP contribution >= 0.6 is 0 Å². The fourth-order valence-electron chi connectivity index (χ4n) is 2.19. The molecule has 2 rings (SSSR count). The second-order valence-corrected chi connectivity index (χ2v) is 4.87. The minimum Gasteiger partial charge on any atom is -0.480 e. The van der Waals surface area contributed by atoms with Gasteiger partial charge in [-0.15, -0.1) is 6.58 Å². The van der Waals surface area contributed by atoms with E-state index in [-0.39, 0.29) is 12.3 Å². The van der Waals surface area contributed by atoms with Crippen LogP contribution in [-0.2, 0) is 9.59 Å². The Bertz CT molecular complexity index is 692. The Balaban J connectivity index is 2.10. The lowest BCUT2D eigenvalue weighted by molar-refractivity contribution is -0.140. The first-order chi connectivity index (χ1) is 10.6. The van der Waals surface area contributed by atoms with Gasteiger partial charge in [-0.25, -0.2) is 0 Å². The predicted octanol–water partition coefficient (Wildman–Crippen LogP) is 2.40. The first kappa shape index (κ1) is 15.7. The van der Waals surface area contributed by atoms with Crippen molar-refractivity contribution >= 4 is 28.3 Å². The maximum absolute atomic E-state index is 12.1. The Kier molecular flexibility index (Phi) is 5.27. The summed E-state index contributed by atoms with van der Waals surface area (Å²) in [5.41, 5.74) is 0.677. The van der Waals surface area contributed by atoms with E-state index in [1.807, 2.05) is 36.4 Å². The summed E-state index contributed by atoms with van der Waals surface area (Å²) in [6, 6.07) is 12.4. The molecule has 0 heterocycles. The van der Waals surface area contributed by atoms with Crippen molar-refractivity contribution in [1.82, 2.24) is 5.32 Å². The Hall–Kier alpha value is -2.66. The summed E-state index contributed by atoms with van der Waals surface area (Å²) < 4.78 is 0. The van der Waals surface area contributed by atoms with Crippen molar-refractivity contribution in [2.45, 2.75) is 12.5 Å². The highest BCUT2D eigenvalue weighted by molar-refractivity contribution is 6.03. The number of carbonyl (C=O) groups is 2. The number of aliphatic carboxylic acids is 1. The van der Waals surface area contributed by atoms with Crippen molar-refractivity contribution in [2.24, 2.45) is 0 Å². The average Bonchev–Trinajstić information content (AvgIpc) is 2.51. The zero-order valence-electron chi connectivity index (χ0n) is 12.1. The first-order valence-electron chi connectivity index (χ1n) is 6.96. The van der Waals surface area contributed by atoms with E-state index in [1.54, 1.807) is 12.1 Å². The van der Waals surface area contributed by atoms with Crippen LogP contribution in [0.15, 0.2) is 55.1 Å². The highest BCUT2D eigenvalue weighted by atomic mass is 16.4. The van der Waals surface area contributed by atoms with E-state index in [0.29, 0.717) is 12.2 Å². The number of hydrogen-bond acceptors (Lipinski definition) is 3. The molecule has 2 aromatic rings. The van der Waals surface area contributed by atoms with Gasteiger partial charge in [-0.05, 0) is 11.5 Å². The molecule has 0 aliphatic heterocycles. The molecule has 0 saturated heterocycles. The molecule has 0 aliphatic rings. The van der Waals surface area contributed by atoms with E-state index in [4.69, 9.17) is 5.11 Å². The van der Waals surface area contributed by atoms with Crippen molar-refractivity contribution in [3.63, 3.8) is 0 Å². The second kappa shape index (κ2) is 7.38. The van der Waals surface area contributed by atoms with E-state index in [9.17, 15) is 9.59 Å². The molecule has 114 valence electrons. The highest BCUT2D eigenvalue weighted by Gasteiger charge is 2.20. The number of anilines is 1. The topological polar surface area (TPSA) is 78.4 Å². The van der Waals surface area contributed by atoms with Gasteiger partial charge in [0.1, 0.15) is 6.04 Å². The molecule has 5 heteroatoms. The van der Waals surface area contributed by atoms with Crippen molar-refractivity contribution in [2.75, 3.05) is 11.9 Å². The van der Waals surface area contributed by atoms with Crippen LogP contribution in [0.4, 0.5) is 5.69 Å². The lowest BCUT2D eigenvalue weighted by atomic mass is 10.1. The summed E-state index contributed by atoms with van der Waals surface area (Å²) >= 11 is 0. The molecule has 0 radical (unpaired) electrons. The molecule has 0 fully saturated rings. The molecule has 5 nitrogen and oxygen atoms in total. The van der Waals surface area contributed by atoms with Gasteiger partial charge in [0.25, 0.3) is 0 Å². The quantitative estimate of drug-likeness (QED) is 0.686. The van der Waals surface area contributed by atoms with Crippen molar-refractivity contribution in [3.8, 4) is 0 Å². The maximum atomic E-state index is 12.1. The zero-order chi connectivity index (χ0) is 15.9. The molecule has 0 spiro atoms. The Labute approximate surface area is 128 Å². The maximum Gasteiger partial charge on any atom is 0.321 e. The number of benzene rings is 2. The third-order valence-electron chi connectivity index (χ3n) is 3.26. The molecule has 22 heavy (non-hydrogen) atoms. The average molecular weight is 298 g/mol. The molecule has 1 unspecified atom stereocenters. The van der Waals surface area contributed by atoms with E-state index in [0.717, 1.165) is 10.8 Å². The molecule has 2 aromatic carbocycles. The van der Waals surface area contributed by atoms with Gasteiger partial charge >= 0.3 is 5.97 Å². The van der Waals surface area contributed by atoms with Crippen LogP contribution in [0.5, 0.6) is 0 Å². The Morgan fingerprint density at radius 1 is 1.18 bits per heavy atom. The van der Waals surface area contributed by atoms with Gasteiger partial charge in [0.15, 0.2) is 0 Å². The lowest BCUT2D eigenvalue weighted by Crippen LogP contribution is -2.39. The highest BCUT2D eigenvalue weighted by Crippen LogP contribution is 2.23. The van der Waals surface area contributed by atoms with E-state index in [2.05, 4.69) is 17.2 Å². The normalized spacial score (nSPS) is 11.8. The monoisotopic (exact) mass is 298 g/mol. The molecule has 1 amide bonds. The number of carboxylic acids is 1. The predicted molar refractivity (Wildman–Crippen MR) is 86.8 cm³/mol. The van der Waals surface area contributed by atoms with Gasteiger partial charge in [0.05, 0.1) is 6.42 Å². The summed E-state index contributed by atoms with van der Waals surface area (Å²) in [4.78, 5) is 23.2. The molecular formula is C17H18N2O3. The van der Waals surface area contributed by atoms with Gasteiger partial charge in [0, 0.05) is 17.6 Å².